The van der Waals surface area contributed by atoms with E-state index in [1.807, 2.05) is 66.7 Å². The molecule has 0 radical (unpaired) electrons. The Hall–Kier alpha value is -5.66. The third-order valence-electron chi connectivity index (χ3n) is 7.41. The van der Waals surface area contributed by atoms with Gasteiger partial charge in [0.1, 0.15) is 6.04 Å². The number of nitrogens with zero attached hydrogens (tertiary/aromatic N) is 3. The van der Waals surface area contributed by atoms with E-state index < -0.39 is 18.1 Å². The average Bonchev–Trinajstić information content (AvgIpc) is 3.13. The van der Waals surface area contributed by atoms with Crippen molar-refractivity contribution in [3.05, 3.63) is 137 Å². The highest BCUT2D eigenvalue weighted by molar-refractivity contribution is 6.11. The van der Waals surface area contributed by atoms with Crippen molar-refractivity contribution in [1.29, 1.82) is 5.26 Å². The number of anilines is 1. The lowest BCUT2D eigenvalue weighted by atomic mass is 10.0. The van der Waals surface area contributed by atoms with Gasteiger partial charge in [0, 0.05) is 17.2 Å². The van der Waals surface area contributed by atoms with Gasteiger partial charge < -0.3 is 14.5 Å². The number of carbonyl (C=O) groups is 3. The molecule has 218 valence electrons. The molecule has 44 heavy (non-hydrogen) atoms. The van der Waals surface area contributed by atoms with Gasteiger partial charge in [0.2, 0.25) is 0 Å². The first-order valence-electron chi connectivity index (χ1n) is 14.4. The van der Waals surface area contributed by atoms with E-state index in [4.69, 9.17) is 4.74 Å². The minimum absolute atomic E-state index is 0.0705. The average molecular weight is 582 g/mol. The Kier molecular flexibility index (Phi) is 9.18. The second-order valence-corrected chi connectivity index (χ2v) is 10.5. The van der Waals surface area contributed by atoms with Crippen LogP contribution in [0.25, 0.3) is 0 Å². The number of amides is 2. The van der Waals surface area contributed by atoms with Crippen molar-refractivity contribution in [2.45, 2.75) is 38.9 Å². The molecule has 5 rings (SSSR count). The maximum Gasteiger partial charge on any atom is 0.307 e. The van der Waals surface area contributed by atoms with Crippen molar-refractivity contribution >= 4 is 23.5 Å². The number of hydrogen-bond donors (Lipinski definition) is 0. The van der Waals surface area contributed by atoms with Crippen molar-refractivity contribution in [3.63, 3.8) is 0 Å². The van der Waals surface area contributed by atoms with Crippen LogP contribution in [0.5, 0.6) is 0 Å². The van der Waals surface area contributed by atoms with E-state index in [-0.39, 0.29) is 31.4 Å². The Bertz CT molecular complexity index is 1780. The molecule has 0 saturated heterocycles. The van der Waals surface area contributed by atoms with Crippen LogP contribution in [-0.4, -0.2) is 35.3 Å². The van der Waals surface area contributed by atoms with Crippen LogP contribution in [-0.2, 0) is 20.9 Å². The van der Waals surface area contributed by atoms with Gasteiger partial charge >= 0.3 is 5.97 Å². The zero-order valence-corrected chi connectivity index (χ0v) is 24.6. The maximum atomic E-state index is 14.6. The first kappa shape index (κ1) is 29.8. The molecule has 2 unspecified atom stereocenters. The summed E-state index contributed by atoms with van der Waals surface area (Å²) in [5.41, 5.74) is 4.06. The molecule has 2 atom stereocenters. The fraction of sp³-hybridized carbons (Fsp3) is 0.189. The van der Waals surface area contributed by atoms with Gasteiger partial charge in [-0.25, -0.2) is 0 Å². The molecule has 7 nitrogen and oxygen atoms in total. The number of carbonyl (C=O) groups excluding carboxylic acids is 3. The number of benzene rings is 4. The number of fused-ring (bicyclic) bond motifs is 1. The first-order chi connectivity index (χ1) is 21.4. The molecule has 4 aromatic carbocycles. The van der Waals surface area contributed by atoms with Gasteiger partial charge in [-0.15, -0.1) is 0 Å². The molecule has 0 saturated carbocycles. The van der Waals surface area contributed by atoms with Crippen LogP contribution >= 0.6 is 0 Å². The molecule has 0 fully saturated rings. The Balaban J connectivity index is 1.65. The molecule has 1 heterocycles. The van der Waals surface area contributed by atoms with E-state index in [0.717, 1.165) is 5.56 Å². The summed E-state index contributed by atoms with van der Waals surface area (Å²) in [6.07, 6.45) is -0.0705. The summed E-state index contributed by atoms with van der Waals surface area (Å²) < 4.78 is 5.21. The molecular formula is C37H31N3O4. The molecule has 7 heteroatoms. The summed E-state index contributed by atoms with van der Waals surface area (Å²) in [6.45, 7) is 3.95. The predicted molar refractivity (Wildman–Crippen MR) is 167 cm³/mol. The summed E-state index contributed by atoms with van der Waals surface area (Å²) in [5, 5.41) is 9.24. The zero-order chi connectivity index (χ0) is 31.1. The van der Waals surface area contributed by atoms with Gasteiger partial charge in [0.05, 0.1) is 42.5 Å². The summed E-state index contributed by atoms with van der Waals surface area (Å²) in [7, 11) is 0. The summed E-state index contributed by atoms with van der Waals surface area (Å²) >= 11 is 0. The monoisotopic (exact) mass is 581 g/mol. The maximum absolute atomic E-state index is 14.6. The lowest BCUT2D eigenvalue weighted by molar-refractivity contribution is -0.144. The molecule has 1 aliphatic rings. The summed E-state index contributed by atoms with van der Waals surface area (Å²) in [4.78, 5) is 44.9. The second-order valence-electron chi connectivity index (χ2n) is 10.5. The first-order valence-corrected chi connectivity index (χ1v) is 14.4. The highest BCUT2D eigenvalue weighted by atomic mass is 16.5. The van der Waals surface area contributed by atoms with E-state index in [0.29, 0.717) is 33.5 Å². The topological polar surface area (TPSA) is 90.7 Å². The smallest absolute Gasteiger partial charge is 0.307 e. The van der Waals surface area contributed by atoms with Crippen LogP contribution in [0, 0.1) is 23.2 Å². The van der Waals surface area contributed by atoms with Gasteiger partial charge in [-0.3, -0.25) is 14.4 Å². The number of rotatable bonds is 7. The van der Waals surface area contributed by atoms with Crippen molar-refractivity contribution in [2.24, 2.45) is 0 Å². The van der Waals surface area contributed by atoms with Crippen LogP contribution in [0.2, 0.25) is 0 Å². The van der Waals surface area contributed by atoms with Crippen molar-refractivity contribution in [1.82, 2.24) is 4.90 Å². The van der Waals surface area contributed by atoms with Gasteiger partial charge in [0.15, 0.2) is 0 Å². The predicted octanol–water partition coefficient (Wildman–Crippen LogP) is 6.03. The Labute approximate surface area is 257 Å². The van der Waals surface area contributed by atoms with Crippen molar-refractivity contribution in [2.75, 3.05) is 11.5 Å². The number of esters is 1. The van der Waals surface area contributed by atoms with Crippen LogP contribution < -0.4 is 4.90 Å². The van der Waals surface area contributed by atoms with Crippen LogP contribution in [0.15, 0.2) is 103 Å². The highest BCUT2D eigenvalue weighted by Gasteiger charge is 2.43. The summed E-state index contributed by atoms with van der Waals surface area (Å²) in [6, 6.07) is 31.5. The molecule has 0 spiro atoms. The van der Waals surface area contributed by atoms with Crippen LogP contribution in [0.4, 0.5) is 5.69 Å². The minimum Gasteiger partial charge on any atom is -0.466 e. The van der Waals surface area contributed by atoms with E-state index in [1.54, 1.807) is 55.1 Å². The SMILES string of the molecule is CCOC(=O)CC(C)N1C(=O)c2cc(C#Cc3cccc(C#N)c3)ccc2N(Cc2ccccc2)C(=O)C1c1ccccc1. The minimum atomic E-state index is -0.979. The van der Waals surface area contributed by atoms with E-state index >= 15 is 0 Å². The summed E-state index contributed by atoms with van der Waals surface area (Å²) in [5.74, 6) is 5.07. The highest BCUT2D eigenvalue weighted by Crippen LogP contribution is 2.37. The molecular weight excluding hydrogens is 550 g/mol. The molecule has 0 aliphatic carbocycles. The molecule has 2 amide bonds. The van der Waals surface area contributed by atoms with Gasteiger partial charge in [0.25, 0.3) is 11.8 Å². The van der Waals surface area contributed by atoms with Crippen LogP contribution in [0.3, 0.4) is 0 Å². The Morgan fingerprint density at radius 1 is 0.864 bits per heavy atom. The van der Waals surface area contributed by atoms with Gasteiger partial charge in [-0.05, 0) is 61.4 Å². The van der Waals surface area contributed by atoms with Crippen molar-refractivity contribution < 1.29 is 19.1 Å². The molecule has 1 aliphatic heterocycles. The second kappa shape index (κ2) is 13.5. The lowest BCUT2D eigenvalue weighted by Gasteiger charge is -2.35. The fourth-order valence-corrected chi connectivity index (χ4v) is 5.35. The quantitative estimate of drug-likeness (QED) is 0.196. The van der Waals surface area contributed by atoms with E-state index in [1.165, 1.54) is 4.90 Å². The standard InChI is InChI=1S/C37H31N3O4/c1-3-44-34(41)21-26(2)40-35(31-15-8-5-9-16-31)37(43)39(25-29-11-6-4-7-12-29)33-20-19-28(23-32(33)36(40)42)18-17-27-13-10-14-30(22-27)24-38/h4-16,19-20,22-23,26,35H,3,21,25H2,1-2H3. The Morgan fingerprint density at radius 2 is 1.52 bits per heavy atom. The van der Waals surface area contributed by atoms with E-state index in [9.17, 15) is 19.6 Å². The molecule has 0 aromatic heterocycles. The number of ether oxygens (including phenoxy) is 1. The number of nitriles is 1. The van der Waals surface area contributed by atoms with E-state index in [2.05, 4.69) is 17.9 Å². The number of hydrogen-bond acceptors (Lipinski definition) is 5. The molecule has 4 aromatic rings. The third-order valence-corrected chi connectivity index (χ3v) is 7.41. The normalized spacial score (nSPS) is 14.9. The third kappa shape index (κ3) is 6.53. The zero-order valence-electron chi connectivity index (χ0n) is 24.6. The van der Waals surface area contributed by atoms with Crippen LogP contribution in [0.1, 0.15) is 64.5 Å². The van der Waals surface area contributed by atoms with Gasteiger partial charge in [-0.2, -0.15) is 5.26 Å². The lowest BCUT2D eigenvalue weighted by Crippen LogP contribution is -2.47. The molecule has 0 bridgehead atoms. The van der Waals surface area contributed by atoms with Crippen molar-refractivity contribution in [3.8, 4) is 17.9 Å². The molecule has 0 N–H and O–H groups in total. The largest absolute Gasteiger partial charge is 0.466 e. The fourth-order valence-electron chi connectivity index (χ4n) is 5.35. The Morgan fingerprint density at radius 3 is 2.20 bits per heavy atom. The van der Waals surface area contributed by atoms with Gasteiger partial charge in [-0.1, -0.05) is 78.6 Å².